The molecule has 0 rings (SSSR count). The van der Waals surface area contributed by atoms with Crippen molar-refractivity contribution in [3.63, 3.8) is 0 Å². The molecule has 0 aliphatic rings. The number of hydrogen-bond donors (Lipinski definition) is 0. The van der Waals surface area contributed by atoms with Gasteiger partial charge in [0.2, 0.25) is 0 Å². The number of hydrogen-bond acceptors (Lipinski definition) is 1. The minimum Gasteiger partial charge on any atom is 0 e. The van der Waals surface area contributed by atoms with E-state index >= 15 is 0 Å². The van der Waals surface area contributed by atoms with Crippen LogP contribution in [0.4, 0.5) is 0 Å². The predicted octanol–water partition coefficient (Wildman–Crippen LogP) is 0.00928. The fourth-order valence-electron chi connectivity index (χ4n) is 0. The van der Waals surface area contributed by atoms with Crippen LogP contribution in [-0.4, -0.2) is 0 Å². The maximum atomic E-state index is 7.21. The van der Waals surface area contributed by atoms with E-state index in [4.69, 9.17) is 5.26 Å². The van der Waals surface area contributed by atoms with Crippen LogP contribution < -0.4 is 0 Å². The fourth-order valence-corrected chi connectivity index (χ4v) is 0. The first-order valence-electron chi connectivity index (χ1n) is 0.400. The summed E-state index contributed by atoms with van der Waals surface area (Å²) in [5.74, 6) is 0. The Kier molecular flexibility index (Phi) is 66.1. The van der Waals surface area contributed by atoms with E-state index in [1.165, 1.54) is 4.97 Å². The molecule has 0 bridgehead atoms. The Hall–Kier alpha value is 1.02. The van der Waals surface area contributed by atoms with Gasteiger partial charge in [0, 0.05) is 33.6 Å². The molecular formula is CCuFeNNi. The van der Waals surface area contributed by atoms with Crippen molar-refractivity contribution >= 4 is 0 Å². The van der Waals surface area contributed by atoms with E-state index in [1.807, 2.05) is 0 Å². The molecule has 0 saturated heterocycles. The van der Waals surface area contributed by atoms with Gasteiger partial charge in [0.05, 0.1) is 0 Å². The van der Waals surface area contributed by atoms with Gasteiger partial charge in [0.15, 0.2) is 0 Å². The Bertz CT molecular complexity index is 33.1. The molecule has 1 nitrogen and oxygen atoms in total. The SMILES string of the molecule is N#[C][Fe].[Cu].[Ni]. The van der Waals surface area contributed by atoms with Crippen molar-refractivity contribution in [2.45, 2.75) is 0 Å². The van der Waals surface area contributed by atoms with Gasteiger partial charge in [0.25, 0.3) is 0 Å². The van der Waals surface area contributed by atoms with Crippen molar-refractivity contribution in [3.8, 4) is 4.97 Å². The van der Waals surface area contributed by atoms with E-state index in [0.29, 0.717) is 0 Å². The minimum atomic E-state index is 0. The zero-order valence-electron chi connectivity index (χ0n) is 1.92. The Balaban J connectivity index is -0.0000000200. The van der Waals surface area contributed by atoms with Crippen LogP contribution in [0.3, 0.4) is 0 Å². The van der Waals surface area contributed by atoms with Crippen LogP contribution in [0.25, 0.3) is 0 Å². The van der Waals surface area contributed by atoms with Crippen molar-refractivity contribution < 1.29 is 49.6 Å². The normalized spacial score (nSPS) is 1.60. The van der Waals surface area contributed by atoms with Gasteiger partial charge in [-0.3, -0.25) is 0 Å². The van der Waals surface area contributed by atoms with Gasteiger partial charge >= 0.3 is 26.2 Å². The van der Waals surface area contributed by atoms with Crippen molar-refractivity contribution in [3.05, 3.63) is 0 Å². The van der Waals surface area contributed by atoms with E-state index in [0.717, 1.165) is 0 Å². The monoisotopic (exact) mass is 203 g/mol. The molecule has 0 aromatic heterocycles. The summed E-state index contributed by atoms with van der Waals surface area (Å²) in [7, 11) is 0. The van der Waals surface area contributed by atoms with Crippen LogP contribution in [0.15, 0.2) is 0 Å². The van der Waals surface area contributed by atoms with Crippen LogP contribution in [0.1, 0.15) is 0 Å². The molecule has 0 spiro atoms. The molecule has 0 unspecified atom stereocenters. The van der Waals surface area contributed by atoms with Crippen LogP contribution >= 0.6 is 0 Å². The fraction of sp³-hybridized carbons (Fsp3) is 0. The van der Waals surface area contributed by atoms with Gasteiger partial charge in [0.1, 0.15) is 0 Å². The van der Waals surface area contributed by atoms with Crippen molar-refractivity contribution in [1.82, 2.24) is 0 Å². The van der Waals surface area contributed by atoms with E-state index in [2.05, 4.69) is 16.0 Å². The third-order valence-corrected chi connectivity index (χ3v) is 0. The first kappa shape index (κ1) is 16.6. The van der Waals surface area contributed by atoms with Crippen LogP contribution in [0.2, 0.25) is 0 Å². The standard InChI is InChI=1S/CN.Cu.Fe.Ni/c1-2;;;. The molecular weight excluding hydrogens is 204 g/mol. The molecule has 0 aromatic carbocycles. The third-order valence-electron chi connectivity index (χ3n) is 0. The van der Waals surface area contributed by atoms with Gasteiger partial charge < -0.3 is 0 Å². The molecule has 0 atom stereocenters. The van der Waals surface area contributed by atoms with Gasteiger partial charge in [-0.05, 0) is 0 Å². The Morgan fingerprint density at radius 3 is 1.60 bits per heavy atom. The van der Waals surface area contributed by atoms with E-state index in [9.17, 15) is 0 Å². The molecule has 0 saturated carbocycles. The van der Waals surface area contributed by atoms with Crippen LogP contribution in [0.5, 0.6) is 0 Å². The van der Waals surface area contributed by atoms with Crippen LogP contribution in [-0.2, 0) is 49.6 Å². The maximum absolute atomic E-state index is 7.21. The number of nitrogens with zero attached hydrogens (tertiary/aromatic N) is 1. The Morgan fingerprint density at radius 1 is 1.60 bits per heavy atom. The average Bonchev–Trinajstić information content (AvgIpc) is 0.918. The summed E-state index contributed by atoms with van der Waals surface area (Å²) >= 11 is 2.79. The second-order valence-corrected chi connectivity index (χ2v) is 0.326. The van der Waals surface area contributed by atoms with Crippen LogP contribution in [0, 0.1) is 10.2 Å². The first-order chi connectivity index (χ1) is 1.41. The predicted molar refractivity (Wildman–Crippen MR) is 5.61 cm³/mol. The minimum absolute atomic E-state index is 0. The van der Waals surface area contributed by atoms with Crippen molar-refractivity contribution in [1.29, 1.82) is 5.26 Å². The first-order valence-corrected chi connectivity index (χ1v) is 0.952. The zero-order valence-corrected chi connectivity index (χ0v) is 4.95. The van der Waals surface area contributed by atoms with Gasteiger partial charge in [-0.15, -0.1) is 0 Å². The second kappa shape index (κ2) is 19.9. The third kappa shape index (κ3) is 43.9. The quantitative estimate of drug-likeness (QED) is 0.510. The molecule has 0 fully saturated rings. The maximum Gasteiger partial charge on any atom is 0 e. The summed E-state index contributed by atoms with van der Waals surface area (Å²) in [5, 5.41) is 7.21. The molecule has 0 heterocycles. The molecule has 4 heteroatoms. The smallest absolute Gasteiger partial charge is 0 e. The molecule has 0 aromatic rings. The van der Waals surface area contributed by atoms with Gasteiger partial charge in [-0.2, -0.15) is 0 Å². The largest absolute Gasteiger partial charge is 0 e. The molecule has 1 radical (unpaired) electrons. The van der Waals surface area contributed by atoms with Gasteiger partial charge in [-0.1, -0.05) is 0 Å². The van der Waals surface area contributed by atoms with Gasteiger partial charge in [-0.25, -0.2) is 0 Å². The summed E-state index contributed by atoms with van der Waals surface area (Å²) in [4.78, 5) is 1.50. The Morgan fingerprint density at radius 2 is 1.60 bits per heavy atom. The van der Waals surface area contributed by atoms with Crippen molar-refractivity contribution in [2.75, 3.05) is 0 Å². The van der Waals surface area contributed by atoms with E-state index in [1.54, 1.807) is 0 Å². The zero-order chi connectivity index (χ0) is 2.71. The molecule has 0 aliphatic carbocycles. The molecule has 5 heavy (non-hydrogen) atoms. The average molecular weight is 204 g/mol. The van der Waals surface area contributed by atoms with E-state index < -0.39 is 0 Å². The summed E-state index contributed by atoms with van der Waals surface area (Å²) < 4.78 is 0. The summed E-state index contributed by atoms with van der Waals surface area (Å²) in [5.41, 5.74) is 0. The van der Waals surface area contributed by atoms with Crippen molar-refractivity contribution in [2.24, 2.45) is 0 Å². The molecule has 0 N–H and O–H groups in total. The summed E-state index contributed by atoms with van der Waals surface area (Å²) in [6.07, 6.45) is 0. The number of nitriles is 1. The number of rotatable bonds is 0. The molecule has 0 amide bonds. The second-order valence-electron chi connectivity index (χ2n) is 0.0791. The topological polar surface area (TPSA) is 23.8 Å². The van der Waals surface area contributed by atoms with E-state index in [-0.39, 0.29) is 33.6 Å². The molecule has 38 valence electrons. The Labute approximate surface area is 59.7 Å². The summed E-state index contributed by atoms with van der Waals surface area (Å²) in [6, 6.07) is 0. The molecule has 0 aliphatic heterocycles. The summed E-state index contributed by atoms with van der Waals surface area (Å²) in [6.45, 7) is 0.